The first-order chi connectivity index (χ1) is 36.2. The zero-order chi connectivity index (χ0) is 61.5. The number of fused-ring (bicyclic) bond motifs is 1. The molecular formula is C41H40F5N3O3S. The number of halogens is 5. The monoisotopic (exact) mass is 776 g/mol. The number of alkyl halides is 3. The van der Waals surface area contributed by atoms with Crippen LogP contribution in [-0.4, -0.2) is 59.5 Å². The summed E-state index contributed by atoms with van der Waals surface area (Å²) in [6.07, 6.45) is -13.9. The maximum atomic E-state index is 15.7. The lowest BCUT2D eigenvalue weighted by Gasteiger charge is -2.39. The molecule has 278 valence electrons. The fourth-order valence-corrected chi connectivity index (χ4v) is 5.31. The molecule has 1 amide bonds. The van der Waals surface area contributed by atoms with E-state index in [0.717, 1.165) is 14.0 Å². The first-order valence-electron chi connectivity index (χ1n) is 28.3. The van der Waals surface area contributed by atoms with Gasteiger partial charge in [0.15, 0.2) is 17.1 Å². The van der Waals surface area contributed by atoms with Gasteiger partial charge >= 0.3 is 6.18 Å². The fourth-order valence-electron chi connectivity index (χ4n) is 4.56. The maximum absolute atomic E-state index is 15.7. The molecule has 0 radical (unpaired) electrons. The van der Waals surface area contributed by atoms with Gasteiger partial charge in [-0.2, -0.15) is 13.2 Å². The van der Waals surface area contributed by atoms with E-state index in [9.17, 15) is 23.4 Å². The zero-order valence-corrected chi connectivity index (χ0v) is 27.9. The number of carbonyl (C=O) groups is 1. The smallest absolute Gasteiger partial charge is 0.383 e. The Morgan fingerprint density at radius 3 is 2.42 bits per heavy atom. The lowest BCUT2D eigenvalue weighted by atomic mass is 9.97. The van der Waals surface area contributed by atoms with Crippen LogP contribution in [0.4, 0.5) is 22.0 Å². The van der Waals surface area contributed by atoms with E-state index in [1.54, 1.807) is 0 Å². The molecule has 0 atom stereocenters. The maximum Gasteiger partial charge on any atom is 0.416 e. The van der Waals surface area contributed by atoms with Gasteiger partial charge in [-0.3, -0.25) is 9.59 Å². The van der Waals surface area contributed by atoms with Crippen molar-refractivity contribution in [3.63, 3.8) is 0 Å². The van der Waals surface area contributed by atoms with Gasteiger partial charge in [0, 0.05) is 78.3 Å². The van der Waals surface area contributed by atoms with E-state index in [0.29, 0.717) is 0 Å². The second kappa shape index (κ2) is 16.7. The van der Waals surface area contributed by atoms with Gasteiger partial charge in [-0.1, -0.05) is 54.4 Å². The summed E-state index contributed by atoms with van der Waals surface area (Å²) in [5.74, 6) is -6.38. The van der Waals surface area contributed by atoms with Gasteiger partial charge < -0.3 is 19.1 Å². The number of carbonyl (C=O) groups excluding carboxylic acids is 1. The van der Waals surface area contributed by atoms with Gasteiger partial charge in [-0.15, -0.1) is 11.8 Å². The van der Waals surface area contributed by atoms with Gasteiger partial charge in [0.05, 0.1) is 43.3 Å². The van der Waals surface area contributed by atoms with Crippen molar-refractivity contribution in [2.45, 2.75) is 55.7 Å². The summed E-state index contributed by atoms with van der Waals surface area (Å²) in [4.78, 5) is 29.1. The SMILES string of the molecule is [2H]c1c([2H])c(F)c(F)c(C([2H])([2H])Sc2c([2H])c(=O)c3c([2H])c([2H])c([2H])c([2H])c3n2CC(=O)N(Cc2c([2H])c([2H])c(-c3c([2H])c([2H])c(C(F)(F)F)c([2H])c3[2H])c([2H])c2C)C2C([2H])([2H])C([2H])([2H])N(C([2H])([2H])COC)C([2H])([2H])C2([2H])[2H])c1[2H]. The number of hydrogen-bond acceptors (Lipinski definition) is 5. The summed E-state index contributed by atoms with van der Waals surface area (Å²) < 4.78 is 313. The van der Waals surface area contributed by atoms with E-state index in [4.69, 9.17) is 36.3 Å². The van der Waals surface area contributed by atoms with Crippen LogP contribution in [0.2, 0.25) is 0 Å². The van der Waals surface area contributed by atoms with Crippen molar-refractivity contribution in [3.8, 4) is 11.1 Å². The molecule has 1 aliphatic rings. The van der Waals surface area contributed by atoms with E-state index in [1.165, 1.54) is 0 Å². The van der Waals surface area contributed by atoms with Crippen molar-refractivity contribution < 1.29 is 68.5 Å². The molecule has 4 aromatic carbocycles. The molecule has 6 nitrogen and oxygen atoms in total. The Hall–Kier alpha value is -4.52. The predicted molar refractivity (Wildman–Crippen MR) is 198 cm³/mol. The second-order valence-corrected chi connectivity index (χ2v) is 11.4. The van der Waals surface area contributed by atoms with Gasteiger partial charge in [-0.25, -0.2) is 8.78 Å². The highest BCUT2D eigenvalue weighted by Gasteiger charge is 2.31. The van der Waals surface area contributed by atoms with Crippen LogP contribution in [-0.2, 0) is 34.5 Å². The number of para-hydroxylation sites is 1. The molecule has 0 unspecified atom stereocenters. The van der Waals surface area contributed by atoms with Gasteiger partial charge in [0.2, 0.25) is 5.91 Å². The Morgan fingerprint density at radius 2 is 1.70 bits per heavy atom. The van der Waals surface area contributed by atoms with Crippen LogP contribution >= 0.6 is 11.8 Å². The number of ether oxygens (including phenoxy) is 1. The minimum atomic E-state index is -5.48. The van der Waals surface area contributed by atoms with Crippen LogP contribution in [0, 0.1) is 18.6 Å². The second-order valence-electron chi connectivity index (χ2n) is 10.6. The molecule has 1 aromatic heterocycles. The van der Waals surface area contributed by atoms with Crippen molar-refractivity contribution in [2.75, 3.05) is 33.2 Å². The molecule has 0 saturated carbocycles. The Morgan fingerprint density at radius 1 is 0.981 bits per heavy atom. The van der Waals surface area contributed by atoms with Crippen molar-refractivity contribution in [1.29, 1.82) is 0 Å². The molecule has 0 aliphatic carbocycles. The number of piperidine rings is 1. The molecule has 53 heavy (non-hydrogen) atoms. The van der Waals surface area contributed by atoms with Crippen molar-refractivity contribution >= 4 is 28.6 Å². The molecule has 5 aromatic rings. The molecular weight excluding hydrogens is 710 g/mol. The number of amides is 1. The summed E-state index contributed by atoms with van der Waals surface area (Å²) in [5, 5.41) is -2.46. The fraction of sp³-hybridized carbons (Fsp3) is 0.317. The molecule has 2 heterocycles. The zero-order valence-electron chi connectivity index (χ0n) is 54.1. The topological polar surface area (TPSA) is 54.8 Å². The lowest BCUT2D eigenvalue weighted by Crippen LogP contribution is -2.48. The van der Waals surface area contributed by atoms with Crippen LogP contribution in [0.15, 0.2) is 100 Å². The first kappa shape index (κ1) is 16.9. The summed E-state index contributed by atoms with van der Waals surface area (Å²) in [6.45, 7) is -15.7. The average Bonchev–Trinajstić information content (AvgIpc) is 3.32. The van der Waals surface area contributed by atoms with Crippen LogP contribution in [0.5, 0.6) is 0 Å². The third-order valence-electron chi connectivity index (χ3n) is 7.16. The number of thioether (sulfide) groups is 1. The quantitative estimate of drug-likeness (QED) is 0.0938. The first-order valence-corrected chi connectivity index (χ1v) is 15.6. The van der Waals surface area contributed by atoms with E-state index >= 15 is 13.6 Å². The number of nitrogens with zero attached hydrogens (tertiary/aromatic N) is 3. The number of methoxy groups -OCH3 is 1. The summed E-state index contributed by atoms with van der Waals surface area (Å²) in [6, 6.07) is -24.2. The van der Waals surface area contributed by atoms with Crippen LogP contribution in [0.3, 0.4) is 0 Å². The number of likely N-dealkylation sites (tertiary alicyclic amines) is 1. The van der Waals surface area contributed by atoms with Crippen molar-refractivity contribution in [2.24, 2.45) is 0 Å². The Bertz CT molecular complexity index is 3410. The average molecular weight is 777 g/mol. The molecule has 0 spiro atoms. The number of hydrogen-bond donors (Lipinski definition) is 0. The van der Waals surface area contributed by atoms with Crippen LogP contribution in [0.1, 0.15) is 72.0 Å². The molecule has 1 fully saturated rings. The largest absolute Gasteiger partial charge is 0.416 e. The van der Waals surface area contributed by atoms with Gasteiger partial charge in [-0.05, 0) is 72.1 Å². The van der Waals surface area contributed by atoms with E-state index < -0.39 is 249 Å². The number of rotatable bonds is 12. The number of aromatic nitrogens is 1. The lowest BCUT2D eigenvalue weighted by molar-refractivity contribution is -0.137. The molecule has 1 saturated heterocycles. The molecule has 1 aliphatic heterocycles. The predicted octanol–water partition coefficient (Wildman–Crippen LogP) is 8.71. The summed E-state index contributed by atoms with van der Waals surface area (Å²) >= 11 is -0.541. The highest BCUT2D eigenvalue weighted by atomic mass is 32.2. The van der Waals surface area contributed by atoms with Crippen LogP contribution in [0.25, 0.3) is 22.0 Å². The minimum Gasteiger partial charge on any atom is -0.383 e. The van der Waals surface area contributed by atoms with Gasteiger partial charge in [0.1, 0.15) is 6.54 Å². The normalized spacial score (nSPS) is 25.8. The molecule has 6 rings (SSSR count). The molecule has 12 heteroatoms. The Kier molecular flexibility index (Phi) is 5.30. The number of benzene rings is 4. The van der Waals surface area contributed by atoms with E-state index in [1.807, 2.05) is 0 Å². The van der Waals surface area contributed by atoms with Crippen LogP contribution < -0.4 is 5.43 Å². The highest BCUT2D eigenvalue weighted by Crippen LogP contribution is 2.32. The van der Waals surface area contributed by atoms with Crippen molar-refractivity contribution in [1.82, 2.24) is 14.4 Å². The van der Waals surface area contributed by atoms with E-state index in [2.05, 4.69) is 0 Å². The summed E-state index contributed by atoms with van der Waals surface area (Å²) in [5.41, 5.74) is -14.0. The molecule has 0 bridgehead atoms. The Balaban J connectivity index is 1.74. The molecule has 0 N–H and O–H groups in total. The summed E-state index contributed by atoms with van der Waals surface area (Å²) in [7, 11) is 0.861. The number of pyridine rings is 1. The highest BCUT2D eigenvalue weighted by molar-refractivity contribution is 7.98. The Labute approximate surface area is 347 Å². The third kappa shape index (κ3) is 9.00. The van der Waals surface area contributed by atoms with Crippen molar-refractivity contribution in [3.05, 3.63) is 135 Å². The minimum absolute atomic E-state index is 0.0930. The standard InChI is InChI=1S/C41H40F5N3O3S/c1-27-22-29(28-12-14-32(15-13-28)41(44,45)46)10-11-30(27)24-48(33-16-18-47(19-17-33)20-21-52-2)38(51)25-49-36-9-4-3-7-34(36)37(50)23-39(49)53-26-31-6-5-8-35(42)40(31)43/h3-15,22-23,33H,16-21,24-26H2,1-2H3/i3D,4D,5D,6D,7D,8D,9D,10D,11D,12D,13D,14D,15D,16D2,17D2,18D2,19D2,20D2,22D,23D,26D2. The third-order valence-corrected chi connectivity index (χ3v) is 7.98. The van der Waals surface area contributed by atoms with E-state index in [-0.39, 0.29) is 9.47 Å². The van der Waals surface area contributed by atoms with Gasteiger partial charge in [0.25, 0.3) is 0 Å².